The standard InChI is InChI=1S/C13H21ClN2O2S/c1-9(2)15-8-11-6-12(14)7-13(10(11)3)19(17,18)16(4)5/h6-7,9,15H,8H2,1-5H3. The fraction of sp³-hybridized carbons (Fsp3) is 0.538. The Bertz CT molecular complexity index is 554. The van der Waals surface area contributed by atoms with Gasteiger partial charge in [0, 0.05) is 31.7 Å². The minimum Gasteiger partial charge on any atom is -0.310 e. The third-order valence-electron chi connectivity index (χ3n) is 2.89. The molecule has 0 fully saturated rings. The molecule has 0 aliphatic heterocycles. The van der Waals surface area contributed by atoms with Gasteiger partial charge in [0.15, 0.2) is 0 Å². The number of nitrogens with one attached hydrogen (secondary N) is 1. The van der Waals surface area contributed by atoms with Crippen LogP contribution in [-0.2, 0) is 16.6 Å². The van der Waals surface area contributed by atoms with Crippen LogP contribution in [0.15, 0.2) is 17.0 Å². The van der Waals surface area contributed by atoms with Gasteiger partial charge in [-0.1, -0.05) is 25.4 Å². The van der Waals surface area contributed by atoms with Crippen molar-refractivity contribution in [3.63, 3.8) is 0 Å². The normalized spacial score (nSPS) is 12.4. The lowest BCUT2D eigenvalue weighted by Gasteiger charge is -2.17. The smallest absolute Gasteiger partial charge is 0.242 e. The highest BCUT2D eigenvalue weighted by atomic mass is 35.5. The maximum atomic E-state index is 12.2. The summed E-state index contributed by atoms with van der Waals surface area (Å²) in [7, 11) is -0.439. The SMILES string of the molecule is Cc1c(CNC(C)C)cc(Cl)cc1S(=O)(=O)N(C)C. The van der Waals surface area contributed by atoms with Crippen molar-refractivity contribution in [2.45, 2.75) is 38.3 Å². The molecule has 0 aliphatic carbocycles. The van der Waals surface area contributed by atoms with E-state index in [4.69, 9.17) is 11.6 Å². The maximum absolute atomic E-state index is 12.2. The van der Waals surface area contributed by atoms with E-state index in [9.17, 15) is 8.42 Å². The summed E-state index contributed by atoms with van der Waals surface area (Å²) in [6, 6.07) is 3.64. The van der Waals surface area contributed by atoms with Crippen molar-refractivity contribution in [2.75, 3.05) is 14.1 Å². The summed E-state index contributed by atoms with van der Waals surface area (Å²) in [5.74, 6) is 0. The summed E-state index contributed by atoms with van der Waals surface area (Å²) in [6.45, 7) is 6.48. The van der Waals surface area contributed by atoms with Gasteiger partial charge in [0.1, 0.15) is 0 Å². The van der Waals surface area contributed by atoms with Gasteiger partial charge in [-0.2, -0.15) is 0 Å². The second-order valence-electron chi connectivity index (χ2n) is 5.01. The number of sulfonamides is 1. The van der Waals surface area contributed by atoms with Crippen molar-refractivity contribution in [3.8, 4) is 0 Å². The first-order chi connectivity index (χ1) is 8.66. The lowest BCUT2D eigenvalue weighted by molar-refractivity contribution is 0.519. The molecule has 0 saturated heterocycles. The van der Waals surface area contributed by atoms with Crippen LogP contribution in [0.25, 0.3) is 0 Å². The molecule has 6 heteroatoms. The average Bonchev–Trinajstić information content (AvgIpc) is 2.29. The molecule has 0 saturated carbocycles. The first-order valence-electron chi connectivity index (χ1n) is 6.11. The van der Waals surface area contributed by atoms with Gasteiger partial charge < -0.3 is 5.32 Å². The molecular weight excluding hydrogens is 284 g/mol. The van der Waals surface area contributed by atoms with Gasteiger partial charge in [-0.15, -0.1) is 0 Å². The zero-order valence-electron chi connectivity index (χ0n) is 12.0. The molecule has 4 nitrogen and oxygen atoms in total. The number of benzene rings is 1. The zero-order chi connectivity index (χ0) is 14.8. The number of hydrogen-bond donors (Lipinski definition) is 1. The minimum absolute atomic E-state index is 0.269. The molecule has 0 unspecified atom stereocenters. The Morgan fingerprint density at radius 3 is 2.37 bits per heavy atom. The van der Waals surface area contributed by atoms with Crippen molar-refractivity contribution in [1.29, 1.82) is 0 Å². The molecule has 1 aromatic rings. The number of halogens is 1. The highest BCUT2D eigenvalue weighted by molar-refractivity contribution is 7.89. The summed E-state index contributed by atoms with van der Waals surface area (Å²) in [6.07, 6.45) is 0. The van der Waals surface area contributed by atoms with Gasteiger partial charge in [-0.25, -0.2) is 12.7 Å². The largest absolute Gasteiger partial charge is 0.310 e. The van der Waals surface area contributed by atoms with E-state index < -0.39 is 10.0 Å². The average molecular weight is 305 g/mol. The van der Waals surface area contributed by atoms with E-state index in [1.165, 1.54) is 24.5 Å². The topological polar surface area (TPSA) is 49.4 Å². The van der Waals surface area contributed by atoms with Crippen LogP contribution < -0.4 is 5.32 Å². The van der Waals surface area contributed by atoms with E-state index in [0.29, 0.717) is 17.6 Å². The molecule has 108 valence electrons. The molecule has 0 aromatic heterocycles. The van der Waals surface area contributed by atoms with Crippen molar-refractivity contribution in [3.05, 3.63) is 28.3 Å². The van der Waals surface area contributed by atoms with Crippen LogP contribution in [0.2, 0.25) is 5.02 Å². The zero-order valence-corrected chi connectivity index (χ0v) is 13.6. The number of nitrogens with zero attached hydrogens (tertiary/aromatic N) is 1. The molecule has 1 aromatic carbocycles. The third-order valence-corrected chi connectivity index (χ3v) is 5.05. The molecular formula is C13H21ClN2O2S. The van der Waals surface area contributed by atoms with Gasteiger partial charge in [0.25, 0.3) is 0 Å². The van der Waals surface area contributed by atoms with E-state index >= 15 is 0 Å². The first kappa shape index (κ1) is 16.4. The van der Waals surface area contributed by atoms with Crippen molar-refractivity contribution >= 4 is 21.6 Å². The van der Waals surface area contributed by atoms with E-state index in [2.05, 4.69) is 5.32 Å². The summed E-state index contributed by atoms with van der Waals surface area (Å²) in [5, 5.41) is 3.71. The monoisotopic (exact) mass is 304 g/mol. The Kier molecular flexibility index (Phi) is 5.38. The van der Waals surface area contributed by atoms with E-state index in [1.807, 2.05) is 20.8 Å². The van der Waals surface area contributed by atoms with Gasteiger partial charge in [-0.3, -0.25) is 0 Å². The predicted molar refractivity (Wildman–Crippen MR) is 79.0 cm³/mol. The molecule has 0 atom stereocenters. The quantitative estimate of drug-likeness (QED) is 0.909. The second kappa shape index (κ2) is 6.22. The van der Waals surface area contributed by atoms with Crippen LogP contribution in [0.5, 0.6) is 0 Å². The van der Waals surface area contributed by atoms with Crippen LogP contribution in [0.1, 0.15) is 25.0 Å². The van der Waals surface area contributed by atoms with Gasteiger partial charge >= 0.3 is 0 Å². The van der Waals surface area contributed by atoms with Crippen LogP contribution in [0, 0.1) is 6.92 Å². The van der Waals surface area contributed by atoms with E-state index in [1.54, 1.807) is 6.07 Å². The highest BCUT2D eigenvalue weighted by Crippen LogP contribution is 2.26. The highest BCUT2D eigenvalue weighted by Gasteiger charge is 2.22. The Balaban J connectivity index is 3.28. The third kappa shape index (κ3) is 3.92. The first-order valence-corrected chi connectivity index (χ1v) is 7.93. The van der Waals surface area contributed by atoms with Crippen LogP contribution >= 0.6 is 11.6 Å². The molecule has 0 aliphatic rings. The lowest BCUT2D eigenvalue weighted by Crippen LogP contribution is -2.25. The Labute approximate surface area is 120 Å². The summed E-state index contributed by atoms with van der Waals surface area (Å²) >= 11 is 6.04. The van der Waals surface area contributed by atoms with Gasteiger partial charge in [-0.05, 0) is 30.2 Å². The number of hydrogen-bond acceptors (Lipinski definition) is 3. The van der Waals surface area contributed by atoms with E-state index in [-0.39, 0.29) is 4.90 Å². The summed E-state index contributed by atoms with van der Waals surface area (Å²) < 4.78 is 25.7. The van der Waals surface area contributed by atoms with Gasteiger partial charge in [0.05, 0.1) is 4.90 Å². The van der Waals surface area contributed by atoms with Crippen molar-refractivity contribution in [1.82, 2.24) is 9.62 Å². The maximum Gasteiger partial charge on any atom is 0.242 e. The summed E-state index contributed by atoms with van der Waals surface area (Å²) in [5.41, 5.74) is 1.65. The Hall–Kier alpha value is -0.620. The Morgan fingerprint density at radius 1 is 1.32 bits per heavy atom. The Morgan fingerprint density at radius 2 is 1.89 bits per heavy atom. The fourth-order valence-electron chi connectivity index (χ4n) is 1.67. The molecule has 0 amide bonds. The van der Waals surface area contributed by atoms with Crippen LogP contribution in [0.3, 0.4) is 0 Å². The molecule has 0 heterocycles. The molecule has 0 radical (unpaired) electrons. The van der Waals surface area contributed by atoms with Gasteiger partial charge in [0.2, 0.25) is 10.0 Å². The molecule has 19 heavy (non-hydrogen) atoms. The predicted octanol–water partition coefficient (Wildman–Crippen LogP) is 2.40. The van der Waals surface area contributed by atoms with Crippen molar-refractivity contribution in [2.24, 2.45) is 0 Å². The van der Waals surface area contributed by atoms with Crippen LogP contribution in [-0.4, -0.2) is 32.9 Å². The minimum atomic E-state index is -3.47. The fourth-order valence-corrected chi connectivity index (χ4v) is 3.16. The molecule has 1 rings (SSSR count). The van der Waals surface area contributed by atoms with Crippen molar-refractivity contribution < 1.29 is 8.42 Å². The van der Waals surface area contributed by atoms with E-state index in [0.717, 1.165) is 11.1 Å². The van der Waals surface area contributed by atoms with Crippen LogP contribution in [0.4, 0.5) is 0 Å². The summed E-state index contributed by atoms with van der Waals surface area (Å²) in [4.78, 5) is 0.269. The number of rotatable bonds is 5. The molecule has 0 bridgehead atoms. The molecule has 0 spiro atoms. The molecule has 1 N–H and O–H groups in total. The second-order valence-corrected chi connectivity index (χ2v) is 7.57. The lowest BCUT2D eigenvalue weighted by atomic mass is 10.1.